The van der Waals surface area contributed by atoms with Crippen LogP contribution in [-0.2, 0) is 14.8 Å². The van der Waals surface area contributed by atoms with Gasteiger partial charge in [-0.05, 0) is 52.2 Å². The minimum absolute atomic E-state index is 0.0897. The molecule has 0 saturated carbocycles. The summed E-state index contributed by atoms with van der Waals surface area (Å²) in [5.74, 6) is 0.0870. The molecule has 0 aromatic heterocycles. The van der Waals surface area contributed by atoms with E-state index in [1.54, 1.807) is 12.1 Å². The van der Waals surface area contributed by atoms with Crippen LogP contribution in [0.4, 0.5) is 0 Å². The third-order valence-electron chi connectivity index (χ3n) is 6.21. The van der Waals surface area contributed by atoms with Crippen molar-refractivity contribution in [3.05, 3.63) is 29.8 Å². The second-order valence-electron chi connectivity index (χ2n) is 8.34. The van der Waals surface area contributed by atoms with Gasteiger partial charge in [0.15, 0.2) is 12.3 Å². The monoisotopic (exact) mass is 422 g/mol. The summed E-state index contributed by atoms with van der Waals surface area (Å²) < 4.78 is 27.3. The van der Waals surface area contributed by atoms with Gasteiger partial charge in [-0.25, -0.2) is 8.42 Å². The van der Waals surface area contributed by atoms with E-state index in [2.05, 4.69) is 13.8 Å². The molecule has 3 rings (SSSR count). The number of quaternary nitrogens is 1. The molecule has 2 atom stereocenters. The number of likely N-dealkylation sites (tertiary alicyclic amines) is 1. The van der Waals surface area contributed by atoms with Gasteiger partial charge in [-0.1, -0.05) is 12.1 Å². The zero-order valence-corrected chi connectivity index (χ0v) is 18.4. The first-order valence-electron chi connectivity index (χ1n) is 10.5. The van der Waals surface area contributed by atoms with Crippen molar-refractivity contribution in [2.45, 2.75) is 57.0 Å². The first-order chi connectivity index (χ1) is 13.7. The molecule has 2 aliphatic rings. The van der Waals surface area contributed by atoms with Crippen molar-refractivity contribution in [1.82, 2.24) is 9.21 Å². The van der Waals surface area contributed by atoms with Gasteiger partial charge in [0.2, 0.25) is 10.0 Å². The molecule has 2 saturated heterocycles. The molecule has 0 unspecified atom stereocenters. The zero-order chi connectivity index (χ0) is 21.2. The lowest BCUT2D eigenvalue weighted by molar-refractivity contribution is -0.896. The number of hydrogen-bond donors (Lipinski definition) is 1. The van der Waals surface area contributed by atoms with Crippen LogP contribution in [0.5, 0.6) is 0 Å². The number of piperidine rings is 1. The second-order valence-corrected chi connectivity index (χ2v) is 10.3. The molecule has 0 aliphatic carbocycles. The van der Waals surface area contributed by atoms with Gasteiger partial charge in [-0.2, -0.15) is 4.31 Å². The van der Waals surface area contributed by atoms with E-state index < -0.39 is 10.0 Å². The highest BCUT2D eigenvalue weighted by Crippen LogP contribution is 2.22. The first-order valence-corrected chi connectivity index (χ1v) is 11.9. The number of hydrogen-bond acceptors (Lipinski definition) is 4. The van der Waals surface area contributed by atoms with E-state index in [-0.39, 0.29) is 28.7 Å². The van der Waals surface area contributed by atoms with Crippen molar-refractivity contribution in [2.75, 3.05) is 32.7 Å². The summed E-state index contributed by atoms with van der Waals surface area (Å²) >= 11 is 0. The quantitative estimate of drug-likeness (QED) is 0.704. The van der Waals surface area contributed by atoms with Crippen molar-refractivity contribution in [3.8, 4) is 0 Å². The highest BCUT2D eigenvalue weighted by molar-refractivity contribution is 7.89. The number of ketones is 1. The summed E-state index contributed by atoms with van der Waals surface area (Å²) in [4.78, 5) is 27.6. The Hall–Kier alpha value is -1.77. The Balaban J connectivity index is 1.58. The van der Waals surface area contributed by atoms with Crippen LogP contribution in [0.15, 0.2) is 29.2 Å². The van der Waals surface area contributed by atoms with Crippen LogP contribution < -0.4 is 4.90 Å². The van der Waals surface area contributed by atoms with Gasteiger partial charge >= 0.3 is 0 Å². The zero-order valence-electron chi connectivity index (χ0n) is 17.6. The molecule has 0 bridgehead atoms. The number of piperazine rings is 1. The lowest BCUT2D eigenvalue weighted by Crippen LogP contribution is -3.15. The predicted molar refractivity (Wildman–Crippen MR) is 110 cm³/mol. The van der Waals surface area contributed by atoms with E-state index in [0.717, 1.165) is 17.7 Å². The van der Waals surface area contributed by atoms with Crippen LogP contribution in [0.25, 0.3) is 0 Å². The number of nitrogens with one attached hydrogen (secondary N) is 1. The van der Waals surface area contributed by atoms with Crippen LogP contribution in [-0.4, -0.2) is 74.1 Å². The first kappa shape index (κ1) is 21.9. The van der Waals surface area contributed by atoms with Crippen molar-refractivity contribution < 1.29 is 22.9 Å². The fourth-order valence-electron chi connectivity index (χ4n) is 4.45. The molecule has 160 valence electrons. The number of carbonyl (C=O) groups is 2. The van der Waals surface area contributed by atoms with E-state index in [0.29, 0.717) is 38.3 Å². The van der Waals surface area contributed by atoms with Gasteiger partial charge in [0.25, 0.3) is 5.91 Å². The average Bonchev–Trinajstić information content (AvgIpc) is 2.68. The molecule has 1 aromatic carbocycles. The third-order valence-corrected chi connectivity index (χ3v) is 8.12. The van der Waals surface area contributed by atoms with Gasteiger partial charge in [0.1, 0.15) is 0 Å². The summed E-state index contributed by atoms with van der Waals surface area (Å²) in [5.41, 5.74) is 0.498. The smallest absolute Gasteiger partial charge is 0.278 e. The fraction of sp³-hybridized carbons (Fsp3) is 0.619. The number of sulfonamides is 1. The Bertz CT molecular complexity index is 835. The molecule has 0 spiro atoms. The molecular formula is C21H32N3O4S+. The number of nitrogens with zero attached hydrogens (tertiary/aromatic N) is 2. The minimum atomic E-state index is -3.58. The van der Waals surface area contributed by atoms with Crippen molar-refractivity contribution in [2.24, 2.45) is 0 Å². The number of carbonyl (C=O) groups excluding carboxylic acids is 2. The number of rotatable bonds is 5. The maximum Gasteiger partial charge on any atom is 0.278 e. The average molecular weight is 423 g/mol. The van der Waals surface area contributed by atoms with E-state index in [1.807, 2.05) is 4.90 Å². The SMILES string of the molecule is CC(=O)c1ccc(S(=O)(=O)N2CC[NH+](CC(=O)N3[C@H](C)CCC[C@@H]3C)CC2)cc1. The summed E-state index contributed by atoms with van der Waals surface area (Å²) in [6.07, 6.45) is 3.28. The molecule has 2 aliphatic heterocycles. The third kappa shape index (κ3) is 4.87. The van der Waals surface area contributed by atoms with E-state index >= 15 is 0 Å². The van der Waals surface area contributed by atoms with Gasteiger partial charge in [-0.3, -0.25) is 9.59 Å². The molecule has 0 radical (unpaired) electrons. The topological polar surface area (TPSA) is 79.2 Å². The summed E-state index contributed by atoms with van der Waals surface area (Å²) in [6, 6.07) is 6.66. The molecular weight excluding hydrogens is 390 g/mol. The Kier molecular flexibility index (Phi) is 6.76. The Morgan fingerprint density at radius 2 is 1.59 bits per heavy atom. The van der Waals surface area contributed by atoms with E-state index in [4.69, 9.17) is 0 Å². The molecule has 1 N–H and O–H groups in total. The van der Waals surface area contributed by atoms with Crippen molar-refractivity contribution in [3.63, 3.8) is 0 Å². The van der Waals surface area contributed by atoms with Crippen LogP contribution >= 0.6 is 0 Å². The molecule has 7 nitrogen and oxygen atoms in total. The molecule has 1 amide bonds. The standard InChI is InChI=1S/C21H31N3O4S/c1-16-5-4-6-17(2)24(16)21(26)15-22-11-13-23(14-12-22)29(27,28)20-9-7-19(8-10-20)18(3)25/h7-10,16-17H,4-6,11-15H2,1-3H3/p+1/t16-,17+. The van der Waals surface area contributed by atoms with Crippen molar-refractivity contribution >= 4 is 21.7 Å². The normalized spacial score (nSPS) is 24.4. The minimum Gasteiger partial charge on any atom is -0.332 e. The number of Topliss-reactive ketones (excluding diaryl/α,β-unsaturated/α-hetero) is 1. The Morgan fingerprint density at radius 3 is 2.10 bits per heavy atom. The Labute approximate surface area is 173 Å². The molecule has 8 heteroatoms. The van der Waals surface area contributed by atoms with Gasteiger partial charge in [-0.15, -0.1) is 0 Å². The number of amides is 1. The fourth-order valence-corrected chi connectivity index (χ4v) is 5.89. The lowest BCUT2D eigenvalue weighted by Gasteiger charge is -2.40. The van der Waals surface area contributed by atoms with Gasteiger partial charge in [0.05, 0.1) is 31.1 Å². The highest BCUT2D eigenvalue weighted by Gasteiger charge is 2.34. The van der Waals surface area contributed by atoms with Crippen LogP contribution in [0, 0.1) is 0 Å². The largest absolute Gasteiger partial charge is 0.332 e. The van der Waals surface area contributed by atoms with Gasteiger partial charge in [0, 0.05) is 17.6 Å². The molecule has 2 fully saturated rings. The number of benzene rings is 1. The van der Waals surface area contributed by atoms with E-state index in [1.165, 1.54) is 29.8 Å². The highest BCUT2D eigenvalue weighted by atomic mass is 32.2. The van der Waals surface area contributed by atoms with Crippen LogP contribution in [0.2, 0.25) is 0 Å². The predicted octanol–water partition coefficient (Wildman–Crippen LogP) is 0.568. The summed E-state index contributed by atoms with van der Waals surface area (Å²) in [6.45, 7) is 8.14. The lowest BCUT2D eigenvalue weighted by atomic mass is 9.97. The molecule has 2 heterocycles. The van der Waals surface area contributed by atoms with Crippen molar-refractivity contribution in [1.29, 1.82) is 0 Å². The maximum absolute atomic E-state index is 12.9. The summed E-state index contributed by atoms with van der Waals surface area (Å²) in [7, 11) is -3.58. The van der Waals surface area contributed by atoms with E-state index in [9.17, 15) is 18.0 Å². The maximum atomic E-state index is 12.9. The van der Waals surface area contributed by atoms with Gasteiger partial charge < -0.3 is 9.80 Å². The second kappa shape index (κ2) is 8.93. The summed E-state index contributed by atoms with van der Waals surface area (Å²) in [5, 5.41) is 0. The molecule has 1 aromatic rings. The van der Waals surface area contributed by atoms with Crippen LogP contribution in [0.3, 0.4) is 0 Å². The molecule has 29 heavy (non-hydrogen) atoms. The Morgan fingerprint density at radius 1 is 1.03 bits per heavy atom. The van der Waals surface area contributed by atoms with Crippen LogP contribution in [0.1, 0.15) is 50.4 Å².